The van der Waals surface area contributed by atoms with Crippen LogP contribution in [0.15, 0.2) is 36.7 Å². The fraction of sp³-hybridized carbons (Fsp3) is 0.312. The smallest absolute Gasteiger partial charge is 0.141 e. The van der Waals surface area contributed by atoms with Crippen molar-refractivity contribution >= 4 is 0 Å². The average molecular weight is 287 g/mol. The molecule has 0 aliphatic rings. The van der Waals surface area contributed by atoms with Gasteiger partial charge in [0.15, 0.2) is 0 Å². The summed E-state index contributed by atoms with van der Waals surface area (Å²) < 4.78 is 10.8. The number of rotatable bonds is 6. The maximum atomic E-state index is 5.74. The van der Waals surface area contributed by atoms with Gasteiger partial charge in [-0.1, -0.05) is 17.7 Å². The lowest BCUT2D eigenvalue weighted by Crippen LogP contribution is -2.30. The van der Waals surface area contributed by atoms with Gasteiger partial charge in [0.05, 0.1) is 26.5 Å². The van der Waals surface area contributed by atoms with Crippen molar-refractivity contribution in [2.45, 2.75) is 19.4 Å². The average Bonchev–Trinajstić information content (AvgIpc) is 2.52. The number of methoxy groups -OCH3 is 2. The minimum atomic E-state index is -0.0846. The Kier molecular flexibility index (Phi) is 5.14. The molecule has 0 radical (unpaired) electrons. The van der Waals surface area contributed by atoms with Crippen molar-refractivity contribution < 1.29 is 9.47 Å². The first-order valence-electron chi connectivity index (χ1n) is 6.77. The van der Waals surface area contributed by atoms with Gasteiger partial charge in [-0.15, -0.1) is 0 Å². The maximum Gasteiger partial charge on any atom is 0.141 e. The van der Waals surface area contributed by atoms with E-state index < -0.39 is 0 Å². The summed E-state index contributed by atoms with van der Waals surface area (Å²) >= 11 is 0. The summed E-state index contributed by atoms with van der Waals surface area (Å²) in [6.07, 6.45) is 4.12. The second kappa shape index (κ2) is 7.06. The molecular weight excluding hydrogens is 266 g/mol. The first-order valence-corrected chi connectivity index (χ1v) is 6.77. The third kappa shape index (κ3) is 3.51. The molecule has 5 nitrogen and oxygen atoms in total. The zero-order valence-electron chi connectivity index (χ0n) is 12.6. The molecule has 0 spiro atoms. The summed E-state index contributed by atoms with van der Waals surface area (Å²) in [5.41, 5.74) is 6.10. The van der Waals surface area contributed by atoms with Crippen LogP contribution in [-0.4, -0.2) is 19.2 Å². The van der Waals surface area contributed by atoms with Crippen molar-refractivity contribution in [1.82, 2.24) is 10.4 Å². The molecule has 21 heavy (non-hydrogen) atoms. The van der Waals surface area contributed by atoms with Crippen molar-refractivity contribution in [2.75, 3.05) is 14.2 Å². The molecule has 0 aliphatic carbocycles. The molecule has 112 valence electrons. The van der Waals surface area contributed by atoms with E-state index in [9.17, 15) is 0 Å². The van der Waals surface area contributed by atoms with E-state index in [0.717, 1.165) is 16.9 Å². The van der Waals surface area contributed by atoms with Crippen LogP contribution < -0.4 is 20.7 Å². The zero-order chi connectivity index (χ0) is 15.2. The van der Waals surface area contributed by atoms with Crippen molar-refractivity contribution in [1.29, 1.82) is 0 Å². The molecule has 1 aromatic carbocycles. The van der Waals surface area contributed by atoms with Crippen molar-refractivity contribution in [3.8, 4) is 11.5 Å². The molecule has 1 heterocycles. The largest absolute Gasteiger partial charge is 0.496 e. The van der Waals surface area contributed by atoms with Crippen LogP contribution in [0.5, 0.6) is 11.5 Å². The van der Waals surface area contributed by atoms with E-state index in [2.05, 4.69) is 23.4 Å². The fourth-order valence-electron chi connectivity index (χ4n) is 2.39. The molecule has 1 aromatic heterocycles. The van der Waals surface area contributed by atoms with Crippen LogP contribution in [0.1, 0.15) is 22.7 Å². The fourth-order valence-corrected chi connectivity index (χ4v) is 2.39. The molecule has 1 unspecified atom stereocenters. The van der Waals surface area contributed by atoms with Gasteiger partial charge in [0.2, 0.25) is 0 Å². The summed E-state index contributed by atoms with van der Waals surface area (Å²) in [4.78, 5) is 4.07. The first kappa shape index (κ1) is 15.3. The lowest BCUT2D eigenvalue weighted by molar-refractivity contribution is 0.391. The van der Waals surface area contributed by atoms with Crippen LogP contribution in [0, 0.1) is 6.92 Å². The number of hydrogen-bond donors (Lipinski definition) is 2. The molecule has 1 atom stereocenters. The third-order valence-corrected chi connectivity index (χ3v) is 3.47. The molecule has 0 aliphatic heterocycles. The number of nitrogens with one attached hydrogen (secondary N) is 1. The van der Waals surface area contributed by atoms with Crippen molar-refractivity contribution in [3.63, 3.8) is 0 Å². The molecule has 2 aromatic rings. The third-order valence-electron chi connectivity index (χ3n) is 3.47. The summed E-state index contributed by atoms with van der Waals surface area (Å²) in [6, 6.07) is 7.93. The van der Waals surface area contributed by atoms with Gasteiger partial charge in [-0.05, 0) is 31.0 Å². The molecule has 3 N–H and O–H groups in total. The quantitative estimate of drug-likeness (QED) is 0.629. The topological polar surface area (TPSA) is 69.4 Å². The molecule has 0 amide bonds. The monoisotopic (exact) mass is 287 g/mol. The van der Waals surface area contributed by atoms with E-state index >= 15 is 0 Å². The van der Waals surface area contributed by atoms with Crippen LogP contribution >= 0.6 is 0 Å². The van der Waals surface area contributed by atoms with Crippen LogP contribution in [-0.2, 0) is 6.42 Å². The second-order valence-electron chi connectivity index (χ2n) is 4.86. The predicted molar refractivity (Wildman–Crippen MR) is 82.3 cm³/mol. The number of ether oxygens (including phenoxy) is 2. The molecule has 5 heteroatoms. The Morgan fingerprint density at radius 1 is 1.19 bits per heavy atom. The van der Waals surface area contributed by atoms with E-state index in [1.807, 2.05) is 18.2 Å². The number of hydrazine groups is 1. The number of aromatic nitrogens is 1. The minimum Gasteiger partial charge on any atom is -0.496 e. The van der Waals surface area contributed by atoms with Gasteiger partial charge in [0, 0.05) is 11.8 Å². The lowest BCUT2D eigenvalue weighted by atomic mass is 9.97. The van der Waals surface area contributed by atoms with Crippen LogP contribution in [0.25, 0.3) is 0 Å². The van der Waals surface area contributed by atoms with Gasteiger partial charge in [0.25, 0.3) is 0 Å². The van der Waals surface area contributed by atoms with E-state index in [0.29, 0.717) is 12.2 Å². The number of pyridine rings is 1. The van der Waals surface area contributed by atoms with E-state index in [1.54, 1.807) is 26.6 Å². The molecule has 0 saturated heterocycles. The Morgan fingerprint density at radius 2 is 1.95 bits per heavy atom. The maximum absolute atomic E-state index is 5.74. The van der Waals surface area contributed by atoms with Crippen LogP contribution in [0.3, 0.4) is 0 Å². The number of aryl methyl sites for hydroxylation is 1. The Labute approximate surface area is 125 Å². The normalized spacial score (nSPS) is 12.0. The molecule has 2 rings (SSSR count). The molecule has 0 bridgehead atoms. The van der Waals surface area contributed by atoms with Gasteiger partial charge >= 0.3 is 0 Å². The summed E-state index contributed by atoms with van der Waals surface area (Å²) in [6.45, 7) is 2.06. The Bertz CT molecular complexity index is 602. The summed E-state index contributed by atoms with van der Waals surface area (Å²) in [5.74, 6) is 7.31. The van der Waals surface area contributed by atoms with E-state index in [1.165, 1.54) is 5.56 Å². The zero-order valence-corrected chi connectivity index (χ0v) is 12.6. The SMILES string of the molecule is COc1ccc(C)cc1CC(NN)c1ccncc1OC. The summed E-state index contributed by atoms with van der Waals surface area (Å²) in [7, 11) is 3.30. The van der Waals surface area contributed by atoms with Crippen LogP contribution in [0.4, 0.5) is 0 Å². The minimum absolute atomic E-state index is 0.0846. The molecular formula is C16H21N3O2. The van der Waals surface area contributed by atoms with E-state index in [-0.39, 0.29) is 6.04 Å². The first-order chi connectivity index (χ1) is 10.2. The van der Waals surface area contributed by atoms with Gasteiger partial charge in [0.1, 0.15) is 11.5 Å². The van der Waals surface area contributed by atoms with Crippen molar-refractivity contribution in [3.05, 3.63) is 53.3 Å². The van der Waals surface area contributed by atoms with Crippen LogP contribution in [0.2, 0.25) is 0 Å². The lowest BCUT2D eigenvalue weighted by Gasteiger charge is -2.20. The van der Waals surface area contributed by atoms with E-state index in [4.69, 9.17) is 15.3 Å². The number of nitrogens with two attached hydrogens (primary N) is 1. The second-order valence-corrected chi connectivity index (χ2v) is 4.86. The highest BCUT2D eigenvalue weighted by Gasteiger charge is 2.17. The Balaban J connectivity index is 2.33. The standard InChI is InChI=1S/C16H21N3O2/c1-11-4-5-15(20-2)12(8-11)9-14(19-17)13-6-7-18-10-16(13)21-3/h4-8,10,14,19H,9,17H2,1-3H3. The number of hydrogen-bond acceptors (Lipinski definition) is 5. The highest BCUT2D eigenvalue weighted by molar-refractivity contribution is 5.40. The highest BCUT2D eigenvalue weighted by Crippen LogP contribution is 2.29. The predicted octanol–water partition coefficient (Wildman–Crippen LogP) is 2.15. The highest BCUT2D eigenvalue weighted by atomic mass is 16.5. The Morgan fingerprint density at radius 3 is 2.62 bits per heavy atom. The number of nitrogens with zero attached hydrogens (tertiary/aromatic N) is 1. The van der Waals surface area contributed by atoms with Crippen molar-refractivity contribution in [2.24, 2.45) is 5.84 Å². The van der Waals surface area contributed by atoms with Gasteiger partial charge < -0.3 is 9.47 Å². The van der Waals surface area contributed by atoms with Gasteiger partial charge in [-0.25, -0.2) is 0 Å². The Hall–Kier alpha value is -2.11. The van der Waals surface area contributed by atoms with Gasteiger partial charge in [-0.3, -0.25) is 16.3 Å². The molecule has 0 fully saturated rings. The molecule has 0 saturated carbocycles. The summed E-state index contributed by atoms with van der Waals surface area (Å²) in [5, 5.41) is 0. The number of benzene rings is 1. The van der Waals surface area contributed by atoms with Gasteiger partial charge in [-0.2, -0.15) is 0 Å².